The molecule has 0 heterocycles. The second kappa shape index (κ2) is 9.38. The van der Waals surface area contributed by atoms with Gasteiger partial charge in [-0.2, -0.15) is 0 Å². The third kappa shape index (κ3) is 4.47. The van der Waals surface area contributed by atoms with Gasteiger partial charge in [-0.3, -0.25) is 9.69 Å². The standard InChI is InChI=1S/C25H33NO2/c1-18(2)22-15-16-23(24(22)25(27)28-4)26(17-20-11-7-5-8-12-20)19(3)21-13-9-6-10-14-21/h5-14,18-19,22-24H,15-17H2,1-4H3/t19-,22+,23?,24+/m0/s1. The summed E-state index contributed by atoms with van der Waals surface area (Å²) in [6.45, 7) is 7.55. The Hall–Kier alpha value is -2.13. The Kier molecular flexibility index (Phi) is 6.90. The average Bonchev–Trinajstić information content (AvgIpc) is 3.17. The molecule has 1 saturated carbocycles. The van der Waals surface area contributed by atoms with Crippen LogP contribution in [0.5, 0.6) is 0 Å². The van der Waals surface area contributed by atoms with Crippen molar-refractivity contribution in [2.45, 2.75) is 52.2 Å². The van der Waals surface area contributed by atoms with Crippen LogP contribution in [0.4, 0.5) is 0 Å². The van der Waals surface area contributed by atoms with Crippen LogP contribution in [0, 0.1) is 17.8 Å². The third-order valence-electron chi connectivity index (χ3n) is 6.41. The van der Waals surface area contributed by atoms with Crippen molar-refractivity contribution in [3.8, 4) is 0 Å². The molecular weight excluding hydrogens is 346 g/mol. The lowest BCUT2D eigenvalue weighted by atomic mass is 9.84. The van der Waals surface area contributed by atoms with Crippen LogP contribution in [0.1, 0.15) is 50.8 Å². The van der Waals surface area contributed by atoms with Crippen molar-refractivity contribution in [2.24, 2.45) is 17.8 Å². The van der Waals surface area contributed by atoms with Crippen LogP contribution in [0.15, 0.2) is 60.7 Å². The van der Waals surface area contributed by atoms with Gasteiger partial charge in [0.05, 0.1) is 13.0 Å². The minimum Gasteiger partial charge on any atom is -0.469 e. The van der Waals surface area contributed by atoms with E-state index in [1.165, 1.54) is 18.2 Å². The largest absolute Gasteiger partial charge is 0.469 e. The molecule has 0 bridgehead atoms. The molecule has 1 aliphatic carbocycles. The zero-order valence-electron chi connectivity index (χ0n) is 17.5. The maximum atomic E-state index is 12.8. The molecule has 0 saturated heterocycles. The van der Waals surface area contributed by atoms with E-state index in [2.05, 4.69) is 86.3 Å². The number of rotatable bonds is 7. The first-order valence-electron chi connectivity index (χ1n) is 10.4. The van der Waals surface area contributed by atoms with Gasteiger partial charge in [-0.15, -0.1) is 0 Å². The van der Waals surface area contributed by atoms with E-state index in [1.54, 1.807) is 0 Å². The molecule has 3 heteroatoms. The fraction of sp³-hybridized carbons (Fsp3) is 0.480. The Morgan fingerprint density at radius 3 is 2.18 bits per heavy atom. The number of methoxy groups -OCH3 is 1. The number of esters is 1. The van der Waals surface area contributed by atoms with Crippen molar-refractivity contribution in [3.05, 3.63) is 71.8 Å². The summed E-state index contributed by atoms with van der Waals surface area (Å²) in [6, 6.07) is 21.6. The van der Waals surface area contributed by atoms with Gasteiger partial charge in [-0.1, -0.05) is 74.5 Å². The molecule has 0 spiro atoms. The summed E-state index contributed by atoms with van der Waals surface area (Å²) in [6.07, 6.45) is 2.11. The first kappa shape index (κ1) is 20.6. The summed E-state index contributed by atoms with van der Waals surface area (Å²) in [5.74, 6) is 0.720. The van der Waals surface area contributed by atoms with Crippen LogP contribution in [0.25, 0.3) is 0 Å². The van der Waals surface area contributed by atoms with E-state index < -0.39 is 0 Å². The summed E-state index contributed by atoms with van der Waals surface area (Å²) in [4.78, 5) is 15.3. The molecule has 0 aromatic heterocycles. The summed E-state index contributed by atoms with van der Waals surface area (Å²) >= 11 is 0. The molecule has 28 heavy (non-hydrogen) atoms. The zero-order valence-corrected chi connectivity index (χ0v) is 17.5. The normalized spacial score (nSPS) is 23.1. The van der Waals surface area contributed by atoms with Crippen molar-refractivity contribution in [3.63, 3.8) is 0 Å². The quantitative estimate of drug-likeness (QED) is 0.597. The summed E-state index contributed by atoms with van der Waals surface area (Å²) in [7, 11) is 1.53. The topological polar surface area (TPSA) is 29.5 Å². The van der Waals surface area contributed by atoms with E-state index in [4.69, 9.17) is 4.74 Å². The highest BCUT2D eigenvalue weighted by molar-refractivity contribution is 5.74. The molecule has 4 atom stereocenters. The summed E-state index contributed by atoms with van der Waals surface area (Å²) in [5, 5.41) is 0. The fourth-order valence-electron chi connectivity index (χ4n) is 4.85. The van der Waals surface area contributed by atoms with Crippen LogP contribution in [-0.2, 0) is 16.1 Å². The molecule has 2 aromatic rings. The Labute approximate surface area is 169 Å². The molecule has 2 aromatic carbocycles. The lowest BCUT2D eigenvalue weighted by Gasteiger charge is -2.38. The number of nitrogens with zero attached hydrogens (tertiary/aromatic N) is 1. The SMILES string of the molecule is COC(=O)[C@H]1C(N(Cc2ccccc2)[C@@H](C)c2ccccc2)CC[C@@H]1C(C)C. The molecule has 3 rings (SSSR count). The predicted octanol–water partition coefficient (Wildman–Crippen LogP) is 5.47. The Morgan fingerprint density at radius 2 is 1.61 bits per heavy atom. The molecule has 1 aliphatic rings. The fourth-order valence-corrected chi connectivity index (χ4v) is 4.85. The Morgan fingerprint density at radius 1 is 1.00 bits per heavy atom. The molecule has 0 N–H and O–H groups in total. The van der Waals surface area contributed by atoms with Crippen LogP contribution in [0.3, 0.4) is 0 Å². The second-order valence-corrected chi connectivity index (χ2v) is 8.35. The van der Waals surface area contributed by atoms with Crippen molar-refractivity contribution in [2.75, 3.05) is 7.11 Å². The lowest BCUT2D eigenvalue weighted by Crippen LogP contribution is -2.44. The molecule has 0 aliphatic heterocycles. The minimum atomic E-state index is -0.0696. The van der Waals surface area contributed by atoms with Gasteiger partial charge < -0.3 is 4.74 Å². The van der Waals surface area contributed by atoms with E-state index >= 15 is 0 Å². The first-order valence-corrected chi connectivity index (χ1v) is 10.4. The van der Waals surface area contributed by atoms with Gasteiger partial charge in [-0.25, -0.2) is 0 Å². The first-order chi connectivity index (χ1) is 13.5. The second-order valence-electron chi connectivity index (χ2n) is 8.35. The Balaban J connectivity index is 1.96. The number of hydrogen-bond acceptors (Lipinski definition) is 3. The maximum absolute atomic E-state index is 12.8. The third-order valence-corrected chi connectivity index (χ3v) is 6.41. The maximum Gasteiger partial charge on any atom is 0.310 e. The smallest absolute Gasteiger partial charge is 0.310 e. The van der Waals surface area contributed by atoms with E-state index in [9.17, 15) is 4.79 Å². The minimum absolute atomic E-state index is 0.0560. The summed E-state index contributed by atoms with van der Waals surface area (Å²) < 4.78 is 5.27. The van der Waals surface area contributed by atoms with E-state index in [0.717, 1.165) is 19.4 Å². The van der Waals surface area contributed by atoms with Crippen molar-refractivity contribution in [1.82, 2.24) is 4.90 Å². The molecule has 1 unspecified atom stereocenters. The van der Waals surface area contributed by atoms with Crippen molar-refractivity contribution < 1.29 is 9.53 Å². The highest BCUT2D eigenvalue weighted by atomic mass is 16.5. The number of carbonyl (C=O) groups excluding carboxylic acids is 1. The van der Waals surface area contributed by atoms with Gasteiger partial charge in [0.2, 0.25) is 0 Å². The van der Waals surface area contributed by atoms with Gasteiger partial charge in [0, 0.05) is 18.6 Å². The van der Waals surface area contributed by atoms with Gasteiger partial charge >= 0.3 is 5.97 Å². The van der Waals surface area contributed by atoms with Crippen molar-refractivity contribution >= 4 is 5.97 Å². The molecule has 3 nitrogen and oxygen atoms in total. The molecule has 150 valence electrons. The highest BCUT2D eigenvalue weighted by Crippen LogP contribution is 2.43. The van der Waals surface area contributed by atoms with E-state index in [0.29, 0.717) is 11.8 Å². The molecule has 0 amide bonds. The van der Waals surface area contributed by atoms with E-state index in [1.807, 2.05) is 0 Å². The summed E-state index contributed by atoms with van der Waals surface area (Å²) in [5.41, 5.74) is 2.57. The van der Waals surface area contributed by atoms with Crippen LogP contribution >= 0.6 is 0 Å². The van der Waals surface area contributed by atoms with Crippen molar-refractivity contribution in [1.29, 1.82) is 0 Å². The van der Waals surface area contributed by atoms with Gasteiger partial charge in [0.25, 0.3) is 0 Å². The predicted molar refractivity (Wildman–Crippen MR) is 114 cm³/mol. The van der Waals surface area contributed by atoms with E-state index in [-0.39, 0.29) is 24.0 Å². The van der Waals surface area contributed by atoms with Crippen LogP contribution < -0.4 is 0 Å². The zero-order chi connectivity index (χ0) is 20.1. The molecule has 0 radical (unpaired) electrons. The van der Waals surface area contributed by atoms with Gasteiger partial charge in [-0.05, 0) is 42.7 Å². The lowest BCUT2D eigenvalue weighted by molar-refractivity contribution is -0.150. The van der Waals surface area contributed by atoms with Crippen LogP contribution in [-0.4, -0.2) is 24.0 Å². The number of benzene rings is 2. The monoisotopic (exact) mass is 379 g/mol. The molecule has 1 fully saturated rings. The van der Waals surface area contributed by atoms with Gasteiger partial charge in [0.1, 0.15) is 0 Å². The Bertz CT molecular complexity index is 744. The average molecular weight is 380 g/mol. The number of ether oxygens (including phenoxy) is 1. The van der Waals surface area contributed by atoms with Crippen LogP contribution in [0.2, 0.25) is 0 Å². The number of hydrogen-bond donors (Lipinski definition) is 0. The number of carbonyl (C=O) groups is 1. The molecular formula is C25H33NO2. The van der Waals surface area contributed by atoms with Gasteiger partial charge in [0.15, 0.2) is 0 Å². The highest BCUT2D eigenvalue weighted by Gasteiger charge is 2.46.